The first-order valence-electron chi connectivity index (χ1n) is 10.2. The summed E-state index contributed by atoms with van der Waals surface area (Å²) >= 11 is 1.57. The lowest BCUT2D eigenvalue weighted by atomic mass is 10.0. The molecule has 1 aromatic heterocycles. The van der Waals surface area contributed by atoms with Crippen molar-refractivity contribution in [3.63, 3.8) is 0 Å². The first kappa shape index (κ1) is 21.0. The highest BCUT2D eigenvalue weighted by atomic mass is 32.2. The summed E-state index contributed by atoms with van der Waals surface area (Å²) in [7, 11) is 1.96. The number of carbonyl (C=O) groups excluding carboxylic acids is 2. The summed E-state index contributed by atoms with van der Waals surface area (Å²) in [6.45, 7) is 0.456. The second kappa shape index (κ2) is 9.70. The molecular weight excluding hydrogens is 412 g/mol. The molecule has 31 heavy (non-hydrogen) atoms. The predicted molar refractivity (Wildman–Crippen MR) is 121 cm³/mol. The molecule has 7 nitrogen and oxygen atoms in total. The number of ether oxygens (including phenoxy) is 1. The van der Waals surface area contributed by atoms with Crippen molar-refractivity contribution in [2.75, 3.05) is 17.2 Å². The van der Waals surface area contributed by atoms with Gasteiger partial charge in [-0.2, -0.15) is 0 Å². The van der Waals surface area contributed by atoms with Crippen molar-refractivity contribution in [1.29, 1.82) is 0 Å². The Balaban J connectivity index is 1.19. The van der Waals surface area contributed by atoms with Crippen molar-refractivity contribution in [3.8, 4) is 5.75 Å². The number of rotatable bonds is 8. The van der Waals surface area contributed by atoms with Crippen LogP contribution in [0.3, 0.4) is 0 Å². The van der Waals surface area contributed by atoms with Gasteiger partial charge in [-0.05, 0) is 60.9 Å². The normalized spacial score (nSPS) is 12.7. The molecule has 0 saturated heterocycles. The van der Waals surface area contributed by atoms with Crippen LogP contribution >= 0.6 is 11.8 Å². The van der Waals surface area contributed by atoms with Gasteiger partial charge in [0.05, 0.1) is 6.61 Å². The van der Waals surface area contributed by atoms with Crippen molar-refractivity contribution in [1.82, 2.24) is 9.55 Å². The Morgan fingerprint density at radius 1 is 1.23 bits per heavy atom. The van der Waals surface area contributed by atoms with E-state index in [1.54, 1.807) is 18.0 Å². The lowest BCUT2D eigenvalue weighted by molar-refractivity contribution is -0.117. The molecule has 2 N–H and O–H groups in total. The van der Waals surface area contributed by atoms with Gasteiger partial charge in [-0.25, -0.2) is 4.98 Å². The molecule has 2 heterocycles. The molecule has 0 atom stereocenters. The highest BCUT2D eigenvalue weighted by Crippen LogP contribution is 2.28. The van der Waals surface area contributed by atoms with E-state index in [4.69, 9.17) is 4.74 Å². The number of imidazole rings is 1. The van der Waals surface area contributed by atoms with E-state index < -0.39 is 0 Å². The Labute approximate surface area is 185 Å². The number of fused-ring (bicyclic) bond motifs is 1. The average molecular weight is 437 g/mol. The topological polar surface area (TPSA) is 85.2 Å². The molecule has 0 radical (unpaired) electrons. The van der Waals surface area contributed by atoms with Crippen LogP contribution < -0.4 is 15.4 Å². The van der Waals surface area contributed by atoms with Gasteiger partial charge in [0.2, 0.25) is 11.8 Å². The van der Waals surface area contributed by atoms with Gasteiger partial charge in [-0.1, -0.05) is 11.8 Å². The molecule has 0 aliphatic carbocycles. The number of nitrogens with one attached hydrogen (secondary N) is 2. The van der Waals surface area contributed by atoms with E-state index in [1.165, 1.54) is 0 Å². The van der Waals surface area contributed by atoms with E-state index in [2.05, 4.69) is 15.6 Å². The minimum atomic E-state index is -0.0405. The van der Waals surface area contributed by atoms with Crippen molar-refractivity contribution >= 4 is 35.0 Å². The molecule has 0 bridgehead atoms. The van der Waals surface area contributed by atoms with E-state index in [0.29, 0.717) is 25.9 Å². The number of hydrogen-bond donors (Lipinski definition) is 2. The molecule has 2 aromatic carbocycles. The summed E-state index contributed by atoms with van der Waals surface area (Å²) < 4.78 is 7.73. The zero-order valence-electron chi connectivity index (χ0n) is 17.3. The molecule has 160 valence electrons. The van der Waals surface area contributed by atoms with Gasteiger partial charge in [0.25, 0.3) is 0 Å². The van der Waals surface area contributed by atoms with Crippen LogP contribution in [0.15, 0.2) is 64.9 Å². The van der Waals surface area contributed by atoms with Crippen LogP contribution in [0.25, 0.3) is 0 Å². The summed E-state index contributed by atoms with van der Waals surface area (Å²) in [5.74, 6) is 0.769. The SMILES string of the molecule is Cn1ccnc1Sc1ccc(NC(=O)CCCOc2ccc3c(c2)CCC(=O)N3)cc1. The van der Waals surface area contributed by atoms with Gasteiger partial charge in [0.1, 0.15) is 5.75 Å². The Bertz CT molecular complexity index is 1080. The number of hydrogen-bond acceptors (Lipinski definition) is 5. The first-order chi connectivity index (χ1) is 15.1. The highest BCUT2D eigenvalue weighted by molar-refractivity contribution is 7.99. The number of aryl methyl sites for hydroxylation is 2. The second-order valence-corrected chi connectivity index (χ2v) is 8.36. The highest BCUT2D eigenvalue weighted by Gasteiger charge is 2.15. The van der Waals surface area contributed by atoms with Crippen LogP contribution in [-0.4, -0.2) is 28.0 Å². The average Bonchev–Trinajstić information content (AvgIpc) is 3.17. The third-order valence-corrected chi connectivity index (χ3v) is 6.00. The van der Waals surface area contributed by atoms with Crippen molar-refractivity contribution < 1.29 is 14.3 Å². The van der Waals surface area contributed by atoms with Gasteiger partial charge in [-0.15, -0.1) is 0 Å². The monoisotopic (exact) mass is 436 g/mol. The molecule has 8 heteroatoms. The molecule has 1 aliphatic heterocycles. The minimum absolute atomic E-state index is 0.0405. The number of nitrogens with zero attached hydrogens (tertiary/aromatic N) is 2. The minimum Gasteiger partial charge on any atom is -0.494 e. The van der Waals surface area contributed by atoms with E-state index in [1.807, 2.05) is 60.3 Å². The first-order valence-corrected chi connectivity index (χ1v) is 11.0. The third-order valence-electron chi connectivity index (χ3n) is 4.91. The van der Waals surface area contributed by atoms with Crippen LogP contribution in [0, 0.1) is 0 Å². The number of aromatic nitrogens is 2. The molecule has 0 unspecified atom stereocenters. The van der Waals surface area contributed by atoms with Gasteiger partial charge in [-0.3, -0.25) is 9.59 Å². The van der Waals surface area contributed by atoms with E-state index in [-0.39, 0.29) is 11.8 Å². The summed E-state index contributed by atoms with van der Waals surface area (Å²) in [6.07, 6.45) is 5.90. The summed E-state index contributed by atoms with van der Waals surface area (Å²) in [4.78, 5) is 29.0. The fourth-order valence-corrected chi connectivity index (χ4v) is 4.06. The molecule has 1 aliphatic rings. The Kier molecular flexibility index (Phi) is 6.57. The van der Waals surface area contributed by atoms with Gasteiger partial charge in [0.15, 0.2) is 5.16 Å². The second-order valence-electron chi connectivity index (χ2n) is 7.31. The van der Waals surface area contributed by atoms with Gasteiger partial charge < -0.3 is 19.9 Å². The van der Waals surface area contributed by atoms with Crippen molar-refractivity contribution in [2.24, 2.45) is 7.05 Å². The van der Waals surface area contributed by atoms with Crippen LogP contribution in [0.1, 0.15) is 24.8 Å². The molecule has 4 rings (SSSR count). The van der Waals surface area contributed by atoms with Crippen molar-refractivity contribution in [2.45, 2.75) is 35.7 Å². The van der Waals surface area contributed by atoms with Crippen LogP contribution in [0.2, 0.25) is 0 Å². The zero-order chi connectivity index (χ0) is 21.6. The molecule has 0 spiro atoms. The molecular formula is C23H24N4O3S. The summed E-state index contributed by atoms with van der Waals surface area (Å²) in [6, 6.07) is 13.4. The third kappa shape index (κ3) is 5.67. The fraction of sp³-hybridized carbons (Fsp3) is 0.261. The van der Waals surface area contributed by atoms with Crippen LogP contribution in [-0.2, 0) is 23.1 Å². The number of amides is 2. The maximum absolute atomic E-state index is 12.2. The number of benzene rings is 2. The van der Waals surface area contributed by atoms with Crippen molar-refractivity contribution in [3.05, 3.63) is 60.4 Å². The summed E-state index contributed by atoms with van der Waals surface area (Å²) in [5, 5.41) is 6.69. The molecule has 2 amide bonds. The summed E-state index contributed by atoms with van der Waals surface area (Å²) in [5.41, 5.74) is 2.71. The Morgan fingerprint density at radius 2 is 2.06 bits per heavy atom. The van der Waals surface area contributed by atoms with Crippen LogP contribution in [0.5, 0.6) is 5.75 Å². The number of anilines is 2. The van der Waals surface area contributed by atoms with E-state index >= 15 is 0 Å². The maximum atomic E-state index is 12.2. The lowest BCUT2D eigenvalue weighted by Crippen LogP contribution is -2.18. The van der Waals surface area contributed by atoms with Gasteiger partial charge >= 0.3 is 0 Å². The predicted octanol–water partition coefficient (Wildman–Crippen LogP) is 4.25. The standard InChI is InChI=1S/C23H24N4O3S/c1-27-13-12-24-23(27)31-19-8-5-17(6-9-19)25-21(28)3-2-14-30-18-7-10-20-16(15-18)4-11-22(29)26-20/h5-10,12-13,15H,2-4,11,14H2,1H3,(H,25,28)(H,26,29). The fourth-order valence-electron chi connectivity index (χ4n) is 3.26. The smallest absolute Gasteiger partial charge is 0.224 e. The molecule has 0 fully saturated rings. The Hall–Kier alpha value is -3.26. The lowest BCUT2D eigenvalue weighted by Gasteiger charge is -2.17. The number of carbonyl (C=O) groups is 2. The van der Waals surface area contributed by atoms with E-state index in [9.17, 15) is 9.59 Å². The van der Waals surface area contributed by atoms with E-state index in [0.717, 1.165) is 39.2 Å². The largest absolute Gasteiger partial charge is 0.494 e. The molecule has 3 aromatic rings. The van der Waals surface area contributed by atoms with Crippen LogP contribution in [0.4, 0.5) is 11.4 Å². The van der Waals surface area contributed by atoms with Gasteiger partial charge in [0, 0.05) is 48.6 Å². The quantitative estimate of drug-likeness (QED) is 0.516. The maximum Gasteiger partial charge on any atom is 0.224 e. The zero-order valence-corrected chi connectivity index (χ0v) is 18.1. The Morgan fingerprint density at radius 3 is 2.84 bits per heavy atom. The molecule has 0 saturated carbocycles.